The van der Waals surface area contributed by atoms with Crippen LogP contribution in [-0.2, 0) is 16.1 Å². The third kappa shape index (κ3) is 3.74. The van der Waals surface area contributed by atoms with Crippen molar-refractivity contribution in [1.29, 1.82) is 0 Å². The molecule has 0 spiro atoms. The second-order valence-electron chi connectivity index (χ2n) is 6.15. The minimum absolute atomic E-state index is 0.0535. The molecular weight excluding hydrogens is 314 g/mol. The van der Waals surface area contributed by atoms with Crippen LogP contribution in [-0.4, -0.2) is 73.2 Å². The van der Waals surface area contributed by atoms with Gasteiger partial charge in [-0.05, 0) is 5.92 Å². The summed E-state index contributed by atoms with van der Waals surface area (Å²) < 4.78 is 10.5. The molecule has 0 aliphatic carbocycles. The van der Waals surface area contributed by atoms with Crippen molar-refractivity contribution in [3.05, 3.63) is 16.1 Å². The summed E-state index contributed by atoms with van der Waals surface area (Å²) in [5.74, 6) is 0.590. The summed E-state index contributed by atoms with van der Waals surface area (Å²) in [5, 5.41) is 2.70. The van der Waals surface area contributed by atoms with E-state index in [4.69, 9.17) is 9.47 Å². The maximum Gasteiger partial charge on any atom is 0.273 e. The fraction of sp³-hybridized carbons (Fsp3) is 0.750. The quantitative estimate of drug-likeness (QED) is 0.813. The lowest BCUT2D eigenvalue weighted by molar-refractivity contribution is 0.0102. The Kier molecular flexibility index (Phi) is 5.63. The average molecular weight is 339 g/mol. The number of nitrogens with zero attached hydrogens (tertiary/aromatic N) is 3. The molecule has 2 atom stereocenters. The standard InChI is InChI=1S/C16H25N3O3S/c1-3-12-8-19(9-14(12)18-4-6-22-7-5-18)16(20)13-11-23-15(17-13)10-21-2/h11-12,14H,3-10H2,1-2H3/t12-,14-/m0/s1. The molecule has 0 unspecified atom stereocenters. The van der Waals surface area contributed by atoms with E-state index in [0.717, 1.165) is 50.8 Å². The molecule has 3 heterocycles. The molecule has 1 amide bonds. The lowest BCUT2D eigenvalue weighted by atomic mass is 9.99. The maximum absolute atomic E-state index is 12.7. The van der Waals surface area contributed by atoms with Crippen molar-refractivity contribution in [2.75, 3.05) is 46.5 Å². The molecule has 2 aliphatic heterocycles. The second kappa shape index (κ2) is 7.70. The number of carbonyl (C=O) groups is 1. The van der Waals surface area contributed by atoms with E-state index in [1.165, 1.54) is 11.3 Å². The van der Waals surface area contributed by atoms with Crippen molar-refractivity contribution < 1.29 is 14.3 Å². The van der Waals surface area contributed by atoms with Gasteiger partial charge in [-0.2, -0.15) is 0 Å². The van der Waals surface area contributed by atoms with E-state index in [1.54, 1.807) is 7.11 Å². The Morgan fingerprint density at radius 3 is 2.91 bits per heavy atom. The first-order chi connectivity index (χ1) is 11.2. The summed E-state index contributed by atoms with van der Waals surface area (Å²) in [6, 6.07) is 0.449. The predicted octanol–water partition coefficient (Wildman–Crippen LogP) is 1.47. The van der Waals surface area contributed by atoms with E-state index in [2.05, 4.69) is 16.8 Å². The maximum atomic E-state index is 12.7. The highest BCUT2D eigenvalue weighted by Crippen LogP contribution is 2.27. The van der Waals surface area contributed by atoms with Crippen LogP contribution in [0.2, 0.25) is 0 Å². The average Bonchev–Trinajstić information content (AvgIpc) is 3.22. The lowest BCUT2D eigenvalue weighted by Gasteiger charge is -2.34. The number of likely N-dealkylation sites (tertiary alicyclic amines) is 1. The first kappa shape index (κ1) is 16.8. The van der Waals surface area contributed by atoms with Crippen molar-refractivity contribution in [2.24, 2.45) is 5.92 Å². The number of morpholine rings is 1. The van der Waals surface area contributed by atoms with Crippen LogP contribution in [0.15, 0.2) is 5.38 Å². The van der Waals surface area contributed by atoms with Crippen LogP contribution in [0.1, 0.15) is 28.8 Å². The fourth-order valence-electron chi connectivity index (χ4n) is 3.50. The molecule has 7 heteroatoms. The van der Waals surface area contributed by atoms with Crippen LogP contribution < -0.4 is 0 Å². The number of thiazole rings is 1. The molecule has 0 aromatic carbocycles. The Morgan fingerprint density at radius 2 is 2.22 bits per heavy atom. The summed E-state index contributed by atoms with van der Waals surface area (Å²) in [7, 11) is 1.64. The summed E-state index contributed by atoms with van der Waals surface area (Å²) in [6.07, 6.45) is 1.10. The number of methoxy groups -OCH3 is 1. The van der Waals surface area contributed by atoms with Crippen LogP contribution >= 0.6 is 11.3 Å². The smallest absolute Gasteiger partial charge is 0.273 e. The molecule has 0 N–H and O–H groups in total. The van der Waals surface area contributed by atoms with Gasteiger partial charge in [-0.3, -0.25) is 9.69 Å². The van der Waals surface area contributed by atoms with Gasteiger partial charge in [0.15, 0.2) is 0 Å². The van der Waals surface area contributed by atoms with Gasteiger partial charge in [0, 0.05) is 44.7 Å². The Hall–Kier alpha value is -1.02. The largest absolute Gasteiger partial charge is 0.379 e. The van der Waals surface area contributed by atoms with Crippen molar-refractivity contribution in [3.8, 4) is 0 Å². The molecule has 6 nitrogen and oxygen atoms in total. The van der Waals surface area contributed by atoms with Crippen molar-refractivity contribution in [2.45, 2.75) is 26.0 Å². The number of carbonyl (C=O) groups excluding carboxylic acids is 1. The molecule has 128 valence electrons. The summed E-state index contributed by atoms with van der Waals surface area (Å²) in [5.41, 5.74) is 0.555. The van der Waals surface area contributed by atoms with Crippen LogP contribution in [0.4, 0.5) is 0 Å². The highest BCUT2D eigenvalue weighted by atomic mass is 32.1. The minimum atomic E-state index is 0.0535. The third-order valence-electron chi connectivity index (χ3n) is 4.77. The molecule has 2 aliphatic rings. The molecule has 2 fully saturated rings. The van der Waals surface area contributed by atoms with E-state index in [-0.39, 0.29) is 5.91 Å². The zero-order chi connectivity index (χ0) is 16.2. The highest BCUT2D eigenvalue weighted by Gasteiger charge is 2.38. The predicted molar refractivity (Wildman–Crippen MR) is 88.7 cm³/mol. The molecular formula is C16H25N3O3S. The number of hydrogen-bond donors (Lipinski definition) is 0. The van der Waals surface area contributed by atoms with Crippen LogP contribution in [0.5, 0.6) is 0 Å². The van der Waals surface area contributed by atoms with Gasteiger partial charge in [0.2, 0.25) is 0 Å². The van der Waals surface area contributed by atoms with Gasteiger partial charge in [-0.15, -0.1) is 11.3 Å². The van der Waals surface area contributed by atoms with Crippen LogP contribution in [0.25, 0.3) is 0 Å². The van der Waals surface area contributed by atoms with E-state index in [9.17, 15) is 4.79 Å². The zero-order valence-electron chi connectivity index (χ0n) is 13.9. The number of aromatic nitrogens is 1. The SMILES string of the molecule is CC[C@H]1CN(C(=O)c2csc(COC)n2)C[C@@H]1N1CCOCC1. The summed E-state index contributed by atoms with van der Waals surface area (Å²) >= 11 is 1.49. The molecule has 3 rings (SSSR count). The van der Waals surface area contributed by atoms with Crippen molar-refractivity contribution in [1.82, 2.24) is 14.8 Å². The Labute approximate surface area is 141 Å². The van der Waals surface area contributed by atoms with Crippen molar-refractivity contribution in [3.63, 3.8) is 0 Å². The molecule has 2 saturated heterocycles. The second-order valence-corrected chi connectivity index (χ2v) is 7.10. The molecule has 1 aromatic rings. The van der Waals surface area contributed by atoms with Crippen LogP contribution in [0, 0.1) is 5.92 Å². The summed E-state index contributed by atoms with van der Waals surface area (Å²) in [6.45, 7) is 7.84. The van der Waals surface area contributed by atoms with Gasteiger partial charge in [0.25, 0.3) is 5.91 Å². The fourth-order valence-corrected chi connectivity index (χ4v) is 4.24. The Morgan fingerprint density at radius 1 is 1.43 bits per heavy atom. The molecule has 0 bridgehead atoms. The number of hydrogen-bond acceptors (Lipinski definition) is 6. The van der Waals surface area contributed by atoms with E-state index in [0.29, 0.717) is 24.3 Å². The van der Waals surface area contributed by atoms with Gasteiger partial charge < -0.3 is 14.4 Å². The Bertz CT molecular complexity index is 530. The van der Waals surface area contributed by atoms with Gasteiger partial charge in [0.05, 0.1) is 19.8 Å². The Balaban J connectivity index is 1.66. The van der Waals surface area contributed by atoms with Crippen molar-refractivity contribution >= 4 is 17.2 Å². The van der Waals surface area contributed by atoms with E-state index < -0.39 is 0 Å². The van der Waals surface area contributed by atoms with Gasteiger partial charge >= 0.3 is 0 Å². The lowest BCUT2D eigenvalue weighted by Crippen LogP contribution is -2.47. The molecule has 1 aromatic heterocycles. The minimum Gasteiger partial charge on any atom is -0.379 e. The highest BCUT2D eigenvalue weighted by molar-refractivity contribution is 7.09. The molecule has 23 heavy (non-hydrogen) atoms. The molecule has 0 saturated carbocycles. The monoisotopic (exact) mass is 339 g/mol. The number of rotatable bonds is 5. The number of ether oxygens (including phenoxy) is 2. The third-order valence-corrected chi connectivity index (χ3v) is 5.59. The molecule has 0 radical (unpaired) electrons. The van der Waals surface area contributed by atoms with Gasteiger partial charge in [0.1, 0.15) is 10.7 Å². The normalized spacial score (nSPS) is 25.9. The topological polar surface area (TPSA) is 54.9 Å². The first-order valence-corrected chi connectivity index (χ1v) is 9.15. The summed E-state index contributed by atoms with van der Waals surface area (Å²) in [4.78, 5) is 21.6. The zero-order valence-corrected chi connectivity index (χ0v) is 14.7. The first-order valence-electron chi connectivity index (χ1n) is 8.27. The van der Waals surface area contributed by atoms with E-state index >= 15 is 0 Å². The van der Waals surface area contributed by atoms with Gasteiger partial charge in [-0.25, -0.2) is 4.98 Å². The number of amides is 1. The van der Waals surface area contributed by atoms with Gasteiger partial charge in [-0.1, -0.05) is 13.3 Å². The van der Waals surface area contributed by atoms with E-state index in [1.807, 2.05) is 10.3 Å². The van der Waals surface area contributed by atoms with Crippen LogP contribution in [0.3, 0.4) is 0 Å².